The fourth-order valence-electron chi connectivity index (χ4n) is 1.31. The molecule has 1 aromatic carbocycles. The molecule has 0 saturated heterocycles. The molecule has 0 spiro atoms. The summed E-state index contributed by atoms with van der Waals surface area (Å²) in [6.45, 7) is 3.77. The third kappa shape index (κ3) is 4.66. The van der Waals surface area contributed by atoms with Gasteiger partial charge in [0.2, 0.25) is 5.91 Å². The minimum Gasteiger partial charge on any atom is -0.399 e. The molecule has 4 N–H and O–H groups in total. The van der Waals surface area contributed by atoms with E-state index in [1.54, 1.807) is 24.3 Å². The summed E-state index contributed by atoms with van der Waals surface area (Å²) in [4.78, 5) is 11.8. The van der Waals surface area contributed by atoms with E-state index in [0.29, 0.717) is 11.4 Å². The molecule has 0 heterocycles. The van der Waals surface area contributed by atoms with Crippen LogP contribution in [0.3, 0.4) is 0 Å². The molecule has 0 bridgehead atoms. The van der Waals surface area contributed by atoms with Crippen LogP contribution in [0, 0.1) is 0 Å². The number of hydrogen-bond acceptors (Lipinski definition) is 4. The molecule has 2 atom stereocenters. The number of rotatable bonds is 5. The maximum Gasteiger partial charge on any atom is 0.237 e. The van der Waals surface area contributed by atoms with Gasteiger partial charge in [-0.05, 0) is 25.1 Å². The molecule has 17 heavy (non-hydrogen) atoms. The zero-order chi connectivity index (χ0) is 12.8. The van der Waals surface area contributed by atoms with Crippen LogP contribution in [0.5, 0.6) is 0 Å². The van der Waals surface area contributed by atoms with Crippen molar-refractivity contribution in [3.8, 4) is 0 Å². The second-order valence-electron chi connectivity index (χ2n) is 3.89. The van der Waals surface area contributed by atoms with Crippen molar-refractivity contribution in [1.82, 2.24) is 0 Å². The van der Waals surface area contributed by atoms with Gasteiger partial charge in [0.1, 0.15) is 0 Å². The molecule has 0 aliphatic carbocycles. The van der Waals surface area contributed by atoms with Gasteiger partial charge < -0.3 is 16.2 Å². The number of anilines is 2. The summed E-state index contributed by atoms with van der Waals surface area (Å²) < 4.78 is 0. The van der Waals surface area contributed by atoms with E-state index in [0.717, 1.165) is 0 Å². The van der Waals surface area contributed by atoms with Crippen molar-refractivity contribution in [1.29, 1.82) is 0 Å². The van der Waals surface area contributed by atoms with E-state index in [-0.39, 0.29) is 23.0 Å². The van der Waals surface area contributed by atoms with Crippen molar-refractivity contribution in [2.75, 3.05) is 17.7 Å². The topological polar surface area (TPSA) is 75.3 Å². The first-order valence-electron chi connectivity index (χ1n) is 5.45. The van der Waals surface area contributed by atoms with Crippen LogP contribution in [0.25, 0.3) is 0 Å². The molecule has 94 valence electrons. The number of hydrogen-bond donors (Lipinski definition) is 3. The highest BCUT2D eigenvalue weighted by Gasteiger charge is 2.16. The van der Waals surface area contributed by atoms with Gasteiger partial charge in [-0.25, -0.2) is 0 Å². The van der Waals surface area contributed by atoms with E-state index < -0.39 is 0 Å². The van der Waals surface area contributed by atoms with Crippen molar-refractivity contribution in [2.45, 2.75) is 24.3 Å². The molecule has 0 saturated carbocycles. The lowest BCUT2D eigenvalue weighted by molar-refractivity contribution is -0.115. The predicted octanol–water partition coefficient (Wildman–Crippen LogP) is 1.71. The van der Waals surface area contributed by atoms with Crippen molar-refractivity contribution in [3.63, 3.8) is 0 Å². The SMILES string of the molecule is CC(CO)SC(C)C(=O)Nc1cccc(N)c1. The Morgan fingerprint density at radius 2 is 2.24 bits per heavy atom. The smallest absolute Gasteiger partial charge is 0.237 e. The van der Waals surface area contributed by atoms with E-state index >= 15 is 0 Å². The Balaban J connectivity index is 2.54. The lowest BCUT2D eigenvalue weighted by atomic mass is 10.3. The van der Waals surface area contributed by atoms with Crippen LogP contribution in [0.15, 0.2) is 24.3 Å². The van der Waals surface area contributed by atoms with Crippen LogP contribution >= 0.6 is 11.8 Å². The van der Waals surface area contributed by atoms with Gasteiger partial charge >= 0.3 is 0 Å². The highest BCUT2D eigenvalue weighted by Crippen LogP contribution is 2.19. The predicted molar refractivity (Wildman–Crippen MR) is 73.1 cm³/mol. The van der Waals surface area contributed by atoms with E-state index in [2.05, 4.69) is 5.32 Å². The number of carbonyl (C=O) groups is 1. The molecular weight excluding hydrogens is 236 g/mol. The van der Waals surface area contributed by atoms with Gasteiger partial charge in [0.25, 0.3) is 0 Å². The number of nitrogen functional groups attached to an aromatic ring is 1. The van der Waals surface area contributed by atoms with Crippen LogP contribution < -0.4 is 11.1 Å². The Labute approximate surface area is 106 Å². The third-order valence-electron chi connectivity index (χ3n) is 2.22. The van der Waals surface area contributed by atoms with Crippen molar-refractivity contribution < 1.29 is 9.90 Å². The highest BCUT2D eigenvalue weighted by atomic mass is 32.2. The summed E-state index contributed by atoms with van der Waals surface area (Å²) in [6, 6.07) is 7.06. The fraction of sp³-hybridized carbons (Fsp3) is 0.417. The van der Waals surface area contributed by atoms with E-state index in [1.807, 2.05) is 13.8 Å². The Bertz CT molecular complexity index is 385. The number of thioether (sulfide) groups is 1. The monoisotopic (exact) mass is 254 g/mol. The number of nitrogens with one attached hydrogen (secondary N) is 1. The average molecular weight is 254 g/mol. The number of benzene rings is 1. The maximum absolute atomic E-state index is 11.8. The average Bonchev–Trinajstić information content (AvgIpc) is 2.28. The molecule has 4 nitrogen and oxygen atoms in total. The molecule has 5 heteroatoms. The Hall–Kier alpha value is -1.20. The molecule has 1 aromatic rings. The molecule has 1 amide bonds. The van der Waals surface area contributed by atoms with Crippen LogP contribution in [0.1, 0.15) is 13.8 Å². The van der Waals surface area contributed by atoms with Gasteiger partial charge in [-0.1, -0.05) is 13.0 Å². The first-order chi connectivity index (χ1) is 8.02. The lowest BCUT2D eigenvalue weighted by Crippen LogP contribution is -2.25. The number of carbonyl (C=O) groups excluding carboxylic acids is 1. The van der Waals surface area contributed by atoms with Gasteiger partial charge in [-0.15, -0.1) is 11.8 Å². The first kappa shape index (κ1) is 13.9. The van der Waals surface area contributed by atoms with Crippen molar-refractivity contribution in [3.05, 3.63) is 24.3 Å². The van der Waals surface area contributed by atoms with Gasteiger partial charge in [0, 0.05) is 16.6 Å². The molecule has 0 fully saturated rings. The largest absolute Gasteiger partial charge is 0.399 e. The Morgan fingerprint density at radius 3 is 2.82 bits per heavy atom. The summed E-state index contributed by atoms with van der Waals surface area (Å²) >= 11 is 1.44. The van der Waals surface area contributed by atoms with Crippen molar-refractivity contribution in [2.24, 2.45) is 0 Å². The first-order valence-corrected chi connectivity index (χ1v) is 6.40. The number of aliphatic hydroxyl groups is 1. The summed E-state index contributed by atoms with van der Waals surface area (Å²) in [5, 5.41) is 11.6. The van der Waals surface area contributed by atoms with Gasteiger partial charge in [0.15, 0.2) is 0 Å². The highest BCUT2D eigenvalue weighted by molar-refractivity contribution is 8.01. The fourth-order valence-corrected chi connectivity index (χ4v) is 2.28. The van der Waals surface area contributed by atoms with Gasteiger partial charge in [-0.3, -0.25) is 4.79 Å². The van der Waals surface area contributed by atoms with E-state index in [9.17, 15) is 4.79 Å². The number of aliphatic hydroxyl groups excluding tert-OH is 1. The third-order valence-corrected chi connectivity index (χ3v) is 3.45. The Morgan fingerprint density at radius 1 is 1.53 bits per heavy atom. The number of amides is 1. The molecule has 0 aromatic heterocycles. The van der Waals surface area contributed by atoms with Gasteiger partial charge in [0.05, 0.1) is 11.9 Å². The minimum atomic E-state index is -0.210. The lowest BCUT2D eigenvalue weighted by Gasteiger charge is -2.15. The number of nitrogens with two attached hydrogens (primary N) is 1. The second kappa shape index (κ2) is 6.51. The summed E-state index contributed by atoms with van der Waals surface area (Å²) in [7, 11) is 0. The van der Waals surface area contributed by atoms with Gasteiger partial charge in [-0.2, -0.15) is 0 Å². The minimum absolute atomic E-state index is 0.0524. The van der Waals surface area contributed by atoms with Crippen LogP contribution in [-0.2, 0) is 4.79 Å². The van der Waals surface area contributed by atoms with E-state index in [1.165, 1.54) is 11.8 Å². The van der Waals surface area contributed by atoms with Crippen LogP contribution in [0.2, 0.25) is 0 Å². The summed E-state index contributed by atoms with van der Waals surface area (Å²) in [5.74, 6) is -0.0825. The molecule has 2 unspecified atom stereocenters. The molecule has 0 aliphatic rings. The molecule has 1 rings (SSSR count). The summed E-state index contributed by atoms with van der Waals surface area (Å²) in [5.41, 5.74) is 6.93. The zero-order valence-electron chi connectivity index (χ0n) is 10.0. The Kier molecular flexibility index (Phi) is 5.31. The molecule has 0 radical (unpaired) electrons. The quantitative estimate of drug-likeness (QED) is 0.699. The zero-order valence-corrected chi connectivity index (χ0v) is 10.8. The summed E-state index contributed by atoms with van der Waals surface area (Å²) in [6.07, 6.45) is 0. The maximum atomic E-state index is 11.8. The molecule has 0 aliphatic heterocycles. The standard InChI is InChI=1S/C12H18N2O2S/c1-8(7-15)17-9(2)12(16)14-11-5-3-4-10(13)6-11/h3-6,8-9,15H,7,13H2,1-2H3,(H,14,16). The van der Waals surface area contributed by atoms with Crippen molar-refractivity contribution >= 4 is 29.0 Å². The molecular formula is C12H18N2O2S. The normalized spacial score (nSPS) is 14.1. The van der Waals surface area contributed by atoms with E-state index in [4.69, 9.17) is 10.8 Å². The van der Waals surface area contributed by atoms with Crippen LogP contribution in [-0.4, -0.2) is 28.1 Å². The van der Waals surface area contributed by atoms with Crippen LogP contribution in [0.4, 0.5) is 11.4 Å². The second-order valence-corrected chi connectivity index (χ2v) is 5.67.